The van der Waals surface area contributed by atoms with Gasteiger partial charge < -0.3 is 9.15 Å². The second-order valence-corrected chi connectivity index (χ2v) is 6.41. The van der Waals surface area contributed by atoms with E-state index < -0.39 is 0 Å². The number of H-pyrrole nitrogens is 1. The summed E-state index contributed by atoms with van der Waals surface area (Å²) in [6.07, 6.45) is 1.50. The van der Waals surface area contributed by atoms with E-state index >= 15 is 0 Å². The fourth-order valence-electron chi connectivity index (χ4n) is 2.85. The Morgan fingerprint density at radius 1 is 1.14 bits per heavy atom. The molecule has 29 heavy (non-hydrogen) atoms. The lowest BCUT2D eigenvalue weighted by Crippen LogP contribution is -1.98. The number of aromatic nitrogens is 3. The van der Waals surface area contributed by atoms with E-state index in [1.54, 1.807) is 30.3 Å². The summed E-state index contributed by atoms with van der Waals surface area (Å²) in [6.45, 7) is 2.44. The van der Waals surface area contributed by atoms with Crippen molar-refractivity contribution in [2.75, 3.05) is 6.61 Å². The first-order valence-electron chi connectivity index (χ1n) is 8.96. The molecule has 2 aromatic carbocycles. The van der Waals surface area contributed by atoms with Gasteiger partial charge in [0.1, 0.15) is 23.1 Å². The fraction of sp³-hybridized carbons (Fsp3) is 0.0952. The molecule has 146 valence electrons. The molecule has 0 radical (unpaired) electrons. The monoisotopic (exact) mass is 408 g/mol. The zero-order valence-corrected chi connectivity index (χ0v) is 16.3. The molecule has 2 aromatic heterocycles. The number of nitrogens with one attached hydrogen (secondary N) is 1. The molecule has 0 unspecified atom stereocenters. The quantitative estimate of drug-likeness (QED) is 0.348. The van der Waals surface area contributed by atoms with E-state index in [1.165, 1.54) is 17.0 Å². The van der Waals surface area contributed by atoms with Crippen molar-refractivity contribution < 1.29 is 13.5 Å². The second-order valence-electron chi connectivity index (χ2n) is 6.02. The Bertz CT molecular complexity index is 1230. The number of nitrogens with zero attached hydrogens (tertiary/aromatic N) is 3. The predicted octanol–water partition coefficient (Wildman–Crippen LogP) is 5.29. The van der Waals surface area contributed by atoms with Crippen LogP contribution in [0, 0.1) is 10.6 Å². The smallest absolute Gasteiger partial charge is 0.216 e. The summed E-state index contributed by atoms with van der Waals surface area (Å²) < 4.78 is 27.1. The van der Waals surface area contributed by atoms with Crippen LogP contribution >= 0.6 is 12.2 Å². The highest BCUT2D eigenvalue weighted by Crippen LogP contribution is 2.29. The number of hydrogen-bond donors (Lipinski definition) is 1. The van der Waals surface area contributed by atoms with Crippen LogP contribution in [0.3, 0.4) is 0 Å². The van der Waals surface area contributed by atoms with Crippen molar-refractivity contribution in [3.8, 4) is 28.5 Å². The van der Waals surface area contributed by atoms with Crippen LogP contribution in [-0.2, 0) is 0 Å². The molecule has 0 aliphatic carbocycles. The minimum atomic E-state index is -0.350. The third-order valence-electron chi connectivity index (χ3n) is 4.14. The molecule has 0 amide bonds. The molecule has 4 aromatic rings. The van der Waals surface area contributed by atoms with Gasteiger partial charge in [-0.2, -0.15) is 14.9 Å². The maximum Gasteiger partial charge on any atom is 0.216 e. The average Bonchev–Trinajstić information content (AvgIpc) is 3.34. The number of para-hydroxylation sites is 1. The molecule has 0 saturated carbocycles. The molecule has 4 rings (SSSR count). The molecule has 0 saturated heterocycles. The molecular weight excluding hydrogens is 391 g/mol. The number of aromatic amines is 1. The van der Waals surface area contributed by atoms with E-state index in [4.69, 9.17) is 21.4 Å². The Labute approximate surface area is 171 Å². The Hall–Kier alpha value is -3.52. The number of hydrogen-bond acceptors (Lipinski definition) is 5. The summed E-state index contributed by atoms with van der Waals surface area (Å²) in [5.74, 6) is 1.71. The van der Waals surface area contributed by atoms with Gasteiger partial charge in [0.15, 0.2) is 5.82 Å². The number of furan rings is 1. The lowest BCUT2D eigenvalue weighted by molar-refractivity contribution is 0.341. The van der Waals surface area contributed by atoms with Gasteiger partial charge in [0.05, 0.1) is 23.9 Å². The van der Waals surface area contributed by atoms with Crippen molar-refractivity contribution in [1.29, 1.82) is 0 Å². The molecule has 0 aliphatic heterocycles. The van der Waals surface area contributed by atoms with Gasteiger partial charge >= 0.3 is 0 Å². The summed E-state index contributed by atoms with van der Waals surface area (Å²) >= 11 is 5.31. The van der Waals surface area contributed by atoms with E-state index in [9.17, 15) is 4.39 Å². The molecular formula is C21H17FN4O2S. The average molecular weight is 408 g/mol. The first-order chi connectivity index (χ1) is 14.2. The van der Waals surface area contributed by atoms with E-state index in [1.807, 2.05) is 31.2 Å². The highest BCUT2D eigenvalue weighted by atomic mass is 32.1. The minimum Gasteiger partial charge on any atom is -0.493 e. The molecule has 6 nitrogen and oxygen atoms in total. The van der Waals surface area contributed by atoms with Crippen molar-refractivity contribution in [2.24, 2.45) is 5.10 Å². The number of ether oxygens (including phenoxy) is 1. The van der Waals surface area contributed by atoms with E-state index in [0.717, 1.165) is 5.56 Å². The molecule has 0 aliphatic rings. The highest BCUT2D eigenvalue weighted by Gasteiger charge is 2.14. The van der Waals surface area contributed by atoms with Gasteiger partial charge in [-0.05, 0) is 55.5 Å². The lowest BCUT2D eigenvalue weighted by Gasteiger charge is -2.08. The normalized spacial score (nSPS) is 11.2. The van der Waals surface area contributed by atoms with Gasteiger partial charge in [0.25, 0.3) is 0 Å². The van der Waals surface area contributed by atoms with E-state index in [-0.39, 0.29) is 5.82 Å². The molecule has 0 spiro atoms. The van der Waals surface area contributed by atoms with Gasteiger partial charge in [-0.15, -0.1) is 0 Å². The maximum atomic E-state index is 14.0. The third kappa shape index (κ3) is 3.88. The lowest BCUT2D eigenvalue weighted by atomic mass is 10.1. The zero-order valence-electron chi connectivity index (χ0n) is 15.5. The summed E-state index contributed by atoms with van der Waals surface area (Å²) in [5.41, 5.74) is 1.14. The van der Waals surface area contributed by atoms with Crippen LogP contribution in [0.2, 0.25) is 0 Å². The van der Waals surface area contributed by atoms with Crippen LogP contribution in [0.4, 0.5) is 4.39 Å². The molecule has 2 heterocycles. The van der Waals surface area contributed by atoms with Gasteiger partial charge in [-0.1, -0.05) is 24.3 Å². The SMILES string of the molecule is CCOc1ccccc1-c1n[nH]c(=S)n1/N=C\c1ccc(-c2ccccc2F)o1. The zero-order chi connectivity index (χ0) is 20.2. The van der Waals surface area contributed by atoms with Crippen molar-refractivity contribution in [3.63, 3.8) is 0 Å². The van der Waals surface area contributed by atoms with Crippen LogP contribution in [-0.4, -0.2) is 27.7 Å². The number of benzene rings is 2. The molecule has 1 N–H and O–H groups in total. The molecule has 0 fully saturated rings. The van der Waals surface area contributed by atoms with Crippen molar-refractivity contribution in [1.82, 2.24) is 14.9 Å². The first-order valence-corrected chi connectivity index (χ1v) is 9.37. The Kier molecular flexibility index (Phi) is 5.35. The number of halogens is 1. The molecule has 0 atom stereocenters. The first kappa shape index (κ1) is 18.8. The summed E-state index contributed by atoms with van der Waals surface area (Å²) in [4.78, 5) is 0. The highest BCUT2D eigenvalue weighted by molar-refractivity contribution is 7.71. The molecule has 0 bridgehead atoms. The number of rotatable bonds is 6. The van der Waals surface area contributed by atoms with Crippen LogP contribution < -0.4 is 4.74 Å². The standard InChI is InChI=1S/C21H17FN4O2S/c1-2-27-18-10-6-4-8-16(18)20-24-25-21(29)26(20)23-13-14-11-12-19(28-14)15-7-3-5-9-17(15)22/h3-13H,2H2,1H3,(H,25,29)/b23-13-. The fourth-order valence-corrected chi connectivity index (χ4v) is 3.03. The van der Waals surface area contributed by atoms with Crippen LogP contribution in [0.15, 0.2) is 70.2 Å². The van der Waals surface area contributed by atoms with Gasteiger partial charge in [0, 0.05) is 0 Å². The largest absolute Gasteiger partial charge is 0.493 e. The predicted molar refractivity (Wildman–Crippen MR) is 111 cm³/mol. The Morgan fingerprint density at radius 3 is 2.69 bits per heavy atom. The second kappa shape index (κ2) is 8.24. The van der Waals surface area contributed by atoms with Gasteiger partial charge in [0.2, 0.25) is 4.77 Å². The van der Waals surface area contributed by atoms with Crippen LogP contribution in [0.25, 0.3) is 22.7 Å². The maximum absolute atomic E-state index is 14.0. The summed E-state index contributed by atoms with van der Waals surface area (Å²) in [6, 6.07) is 17.3. The minimum absolute atomic E-state index is 0.323. The van der Waals surface area contributed by atoms with Crippen LogP contribution in [0.1, 0.15) is 12.7 Å². The summed E-state index contributed by atoms with van der Waals surface area (Å²) in [5, 5.41) is 11.4. The van der Waals surface area contributed by atoms with Crippen molar-refractivity contribution >= 4 is 18.4 Å². The Morgan fingerprint density at radius 2 is 1.90 bits per heavy atom. The van der Waals surface area contributed by atoms with E-state index in [2.05, 4.69) is 15.3 Å². The van der Waals surface area contributed by atoms with E-state index in [0.29, 0.717) is 40.0 Å². The van der Waals surface area contributed by atoms with Gasteiger partial charge in [-0.25, -0.2) is 9.49 Å². The summed E-state index contributed by atoms with van der Waals surface area (Å²) in [7, 11) is 0. The Balaban J connectivity index is 1.67. The topological polar surface area (TPSA) is 68.3 Å². The van der Waals surface area contributed by atoms with Crippen molar-refractivity contribution in [3.05, 3.63) is 77.0 Å². The molecule has 8 heteroatoms. The van der Waals surface area contributed by atoms with Gasteiger partial charge in [-0.3, -0.25) is 0 Å². The van der Waals surface area contributed by atoms with Crippen molar-refractivity contribution in [2.45, 2.75) is 6.92 Å². The van der Waals surface area contributed by atoms with Crippen LogP contribution in [0.5, 0.6) is 5.75 Å². The third-order valence-corrected chi connectivity index (χ3v) is 4.41.